The third-order valence-electron chi connectivity index (χ3n) is 8.07. The molecule has 10 nitrogen and oxygen atoms in total. The minimum atomic E-state index is -4.18. The maximum absolute atomic E-state index is 14.1. The van der Waals surface area contributed by atoms with Gasteiger partial charge in [0, 0.05) is 23.7 Å². The second-order valence-electron chi connectivity index (χ2n) is 11.1. The molecule has 2 N–H and O–H groups in total. The number of nitrogens with zero attached hydrogens (tertiary/aromatic N) is 3. The Labute approximate surface area is 256 Å². The number of anilines is 1. The van der Waals surface area contributed by atoms with Crippen LogP contribution in [0, 0.1) is 13.8 Å². The van der Waals surface area contributed by atoms with Gasteiger partial charge in [-0.3, -0.25) is 9.59 Å². The molecular weight excluding hydrogens is 578 g/mol. The van der Waals surface area contributed by atoms with Crippen molar-refractivity contribution < 1.29 is 22.7 Å². The number of benzene rings is 3. The van der Waals surface area contributed by atoms with Crippen LogP contribution in [0.5, 0.6) is 5.88 Å². The number of hydrogen-bond donors (Lipinski definition) is 2. The van der Waals surface area contributed by atoms with E-state index in [9.17, 15) is 18.0 Å². The SMILES string of the molecule is Cc1cccc(C)c1-c1cc2nc(n1)NS(=O)(=O)c1cccc(c1)C(=O)N1[C@H](CCC[C@@H]1C(=O)NCc1ccccc1)CO2. The van der Waals surface area contributed by atoms with Gasteiger partial charge in [0.05, 0.1) is 16.6 Å². The molecule has 6 rings (SSSR count). The van der Waals surface area contributed by atoms with Gasteiger partial charge in [-0.05, 0) is 68.0 Å². The number of carbonyl (C=O) groups is 2. The van der Waals surface area contributed by atoms with Gasteiger partial charge in [0.25, 0.3) is 15.9 Å². The first-order valence-electron chi connectivity index (χ1n) is 14.6. The van der Waals surface area contributed by atoms with E-state index in [4.69, 9.17) is 4.74 Å². The van der Waals surface area contributed by atoms with Crippen LogP contribution in [0.4, 0.5) is 5.95 Å². The molecule has 2 aliphatic rings. The van der Waals surface area contributed by atoms with E-state index >= 15 is 0 Å². The van der Waals surface area contributed by atoms with E-state index in [0.29, 0.717) is 31.5 Å². The zero-order valence-corrected chi connectivity index (χ0v) is 25.3. The summed E-state index contributed by atoms with van der Waals surface area (Å²) in [5.41, 5.74) is 4.36. The zero-order valence-electron chi connectivity index (χ0n) is 24.5. The van der Waals surface area contributed by atoms with E-state index in [1.165, 1.54) is 18.2 Å². The molecule has 2 amide bonds. The first kappa shape index (κ1) is 29.3. The Bertz CT molecular complexity index is 1810. The Hall–Kier alpha value is -4.77. The number of fused-ring (bicyclic) bond motifs is 5. The van der Waals surface area contributed by atoms with Crippen LogP contribution in [0.3, 0.4) is 0 Å². The molecule has 0 spiro atoms. The van der Waals surface area contributed by atoms with Crippen molar-refractivity contribution in [1.29, 1.82) is 0 Å². The highest BCUT2D eigenvalue weighted by molar-refractivity contribution is 7.92. The fourth-order valence-corrected chi connectivity index (χ4v) is 6.90. The number of aromatic nitrogens is 2. The number of sulfonamides is 1. The minimum Gasteiger partial charge on any atom is -0.475 e. The number of ether oxygens (including phenoxy) is 1. The summed E-state index contributed by atoms with van der Waals surface area (Å²) in [6.07, 6.45) is 1.78. The zero-order chi connectivity index (χ0) is 30.8. The second kappa shape index (κ2) is 12.1. The second-order valence-corrected chi connectivity index (χ2v) is 12.8. The number of carbonyl (C=O) groups excluding carboxylic acids is 2. The number of aryl methyl sites for hydroxylation is 2. The average Bonchev–Trinajstić information content (AvgIpc) is 3.02. The van der Waals surface area contributed by atoms with E-state index in [-0.39, 0.29) is 34.8 Å². The summed E-state index contributed by atoms with van der Waals surface area (Å²) in [6, 6.07) is 21.7. The number of amides is 2. The lowest BCUT2D eigenvalue weighted by atomic mass is 9.94. The molecule has 2 aliphatic heterocycles. The molecule has 4 aromatic rings. The molecule has 0 unspecified atom stereocenters. The van der Waals surface area contributed by atoms with E-state index in [0.717, 1.165) is 22.3 Å². The van der Waals surface area contributed by atoms with Gasteiger partial charge in [-0.2, -0.15) is 4.98 Å². The van der Waals surface area contributed by atoms with E-state index in [1.54, 1.807) is 17.0 Å². The molecule has 1 saturated heterocycles. The number of piperidine rings is 1. The highest BCUT2D eigenvalue weighted by atomic mass is 32.2. The topological polar surface area (TPSA) is 131 Å². The predicted molar refractivity (Wildman–Crippen MR) is 166 cm³/mol. The highest BCUT2D eigenvalue weighted by Crippen LogP contribution is 2.31. The largest absolute Gasteiger partial charge is 0.475 e. The molecule has 1 fully saturated rings. The normalized spacial score (nSPS) is 19.2. The molecule has 44 heavy (non-hydrogen) atoms. The van der Waals surface area contributed by atoms with Gasteiger partial charge >= 0.3 is 0 Å². The fourth-order valence-electron chi connectivity index (χ4n) is 5.91. The van der Waals surface area contributed by atoms with Crippen LogP contribution in [0.25, 0.3) is 11.3 Å². The van der Waals surface area contributed by atoms with Crippen molar-refractivity contribution in [1.82, 2.24) is 20.2 Å². The van der Waals surface area contributed by atoms with Gasteiger partial charge in [0.2, 0.25) is 17.7 Å². The lowest BCUT2D eigenvalue weighted by Gasteiger charge is -2.41. The summed E-state index contributed by atoms with van der Waals surface area (Å²) in [5.74, 6) is -0.703. The lowest BCUT2D eigenvalue weighted by molar-refractivity contribution is -0.128. The third kappa shape index (κ3) is 6.00. The van der Waals surface area contributed by atoms with Gasteiger partial charge in [-0.25, -0.2) is 18.1 Å². The van der Waals surface area contributed by atoms with Crippen LogP contribution in [-0.2, 0) is 21.4 Å². The molecular formula is C33H33N5O5S. The third-order valence-corrected chi connectivity index (χ3v) is 9.40. The van der Waals surface area contributed by atoms with Crippen LogP contribution in [0.2, 0.25) is 0 Å². The average molecular weight is 612 g/mol. The molecule has 226 valence electrons. The molecule has 2 atom stereocenters. The maximum atomic E-state index is 14.1. The van der Waals surface area contributed by atoms with Crippen molar-refractivity contribution in [3.05, 3.63) is 101 Å². The van der Waals surface area contributed by atoms with Gasteiger partial charge in [-0.1, -0.05) is 54.6 Å². The van der Waals surface area contributed by atoms with Crippen molar-refractivity contribution in [2.45, 2.75) is 56.6 Å². The van der Waals surface area contributed by atoms with E-state index < -0.39 is 28.0 Å². The Morgan fingerprint density at radius 1 is 0.977 bits per heavy atom. The van der Waals surface area contributed by atoms with Crippen molar-refractivity contribution in [2.24, 2.45) is 0 Å². The molecule has 0 aliphatic carbocycles. The minimum absolute atomic E-state index is 0.0588. The molecule has 3 heterocycles. The number of rotatable bonds is 4. The summed E-state index contributed by atoms with van der Waals surface area (Å²) >= 11 is 0. The van der Waals surface area contributed by atoms with E-state index in [2.05, 4.69) is 20.0 Å². The van der Waals surface area contributed by atoms with Crippen LogP contribution in [0.15, 0.2) is 83.8 Å². The van der Waals surface area contributed by atoms with Crippen LogP contribution >= 0.6 is 0 Å². The first-order chi connectivity index (χ1) is 21.2. The predicted octanol–water partition coefficient (Wildman–Crippen LogP) is 4.63. The van der Waals surface area contributed by atoms with E-state index in [1.807, 2.05) is 62.4 Å². The maximum Gasteiger partial charge on any atom is 0.264 e. The molecule has 4 bridgehead atoms. The van der Waals surface area contributed by atoms with Gasteiger partial charge < -0.3 is 15.0 Å². The molecule has 1 aromatic heterocycles. The van der Waals surface area contributed by atoms with Gasteiger partial charge in [0.1, 0.15) is 12.6 Å². The van der Waals surface area contributed by atoms with Crippen molar-refractivity contribution >= 4 is 27.8 Å². The van der Waals surface area contributed by atoms with Crippen molar-refractivity contribution in [3.63, 3.8) is 0 Å². The molecule has 3 aromatic carbocycles. The van der Waals surface area contributed by atoms with Gasteiger partial charge in [0.15, 0.2) is 0 Å². The Morgan fingerprint density at radius 2 is 1.73 bits per heavy atom. The smallest absolute Gasteiger partial charge is 0.264 e. The fraction of sp³-hybridized carbons (Fsp3) is 0.273. The summed E-state index contributed by atoms with van der Waals surface area (Å²) in [7, 11) is -4.18. The monoisotopic (exact) mass is 611 g/mol. The Morgan fingerprint density at radius 3 is 2.50 bits per heavy atom. The first-order valence-corrected chi connectivity index (χ1v) is 16.0. The Balaban J connectivity index is 1.41. The Kier molecular flexibility index (Phi) is 8.05. The summed E-state index contributed by atoms with van der Waals surface area (Å²) in [4.78, 5) is 38.0. The lowest BCUT2D eigenvalue weighted by Crippen LogP contribution is -2.57. The van der Waals surface area contributed by atoms with Gasteiger partial charge in [-0.15, -0.1) is 0 Å². The quantitative estimate of drug-likeness (QED) is 0.344. The number of hydrogen-bond acceptors (Lipinski definition) is 7. The standard InChI is InChI=1S/C33H33N5O5S/c1-21-9-6-10-22(2)30(21)27-18-29-36-33(35-27)37-44(41,42)26-15-7-13-24(17-26)32(40)38-25(20-43-29)14-8-16-28(38)31(39)34-19-23-11-4-3-5-12-23/h3-7,9-13,15,17-18,25,28H,8,14,16,19-20H2,1-2H3,(H,34,39)(H,35,36,37)/t25-,28-/m1/s1. The van der Waals surface area contributed by atoms with Crippen molar-refractivity contribution in [2.75, 3.05) is 11.3 Å². The van der Waals surface area contributed by atoms with Crippen LogP contribution in [0.1, 0.15) is 46.3 Å². The molecule has 11 heteroatoms. The summed E-state index contributed by atoms with van der Waals surface area (Å²) < 4.78 is 35.7. The molecule has 0 saturated carbocycles. The molecule has 0 radical (unpaired) electrons. The summed E-state index contributed by atoms with van der Waals surface area (Å²) in [5, 5.41) is 2.98. The van der Waals surface area contributed by atoms with Crippen LogP contribution < -0.4 is 14.8 Å². The van der Waals surface area contributed by atoms with Crippen molar-refractivity contribution in [3.8, 4) is 17.1 Å². The highest BCUT2D eigenvalue weighted by Gasteiger charge is 2.39. The number of nitrogens with one attached hydrogen (secondary N) is 2. The summed E-state index contributed by atoms with van der Waals surface area (Å²) in [6.45, 7) is 4.29. The van der Waals surface area contributed by atoms with Crippen LogP contribution in [-0.4, -0.2) is 53.8 Å².